The fourth-order valence-electron chi connectivity index (χ4n) is 4.40. The SMILES string of the molecule is COc1ccc(CN2Cc3ccc(C4(C(=O)O)CC(C)C4)cc3C2=O)cc1. The zero-order valence-electron chi connectivity index (χ0n) is 15.6. The van der Waals surface area contributed by atoms with Gasteiger partial charge in [0.05, 0.1) is 12.5 Å². The van der Waals surface area contributed by atoms with Crippen molar-refractivity contribution in [1.82, 2.24) is 4.90 Å². The standard InChI is InChI=1S/C22H23NO4/c1-14-10-22(11-14,21(25)26)17-6-5-16-13-23(20(24)19(16)9-17)12-15-3-7-18(27-2)8-4-15/h3-9,14H,10-13H2,1-2H3,(H,25,26). The van der Waals surface area contributed by atoms with E-state index in [0.29, 0.717) is 37.4 Å². The Morgan fingerprint density at radius 2 is 1.93 bits per heavy atom. The first-order valence-electron chi connectivity index (χ1n) is 9.22. The summed E-state index contributed by atoms with van der Waals surface area (Å²) in [5.41, 5.74) is 2.56. The summed E-state index contributed by atoms with van der Waals surface area (Å²) < 4.78 is 5.17. The number of hydrogen-bond acceptors (Lipinski definition) is 3. The average molecular weight is 365 g/mol. The van der Waals surface area contributed by atoms with Gasteiger partial charge in [-0.1, -0.05) is 31.2 Å². The van der Waals surface area contributed by atoms with Crippen LogP contribution in [0.25, 0.3) is 0 Å². The molecule has 0 bridgehead atoms. The molecule has 4 rings (SSSR count). The summed E-state index contributed by atoms with van der Waals surface area (Å²) in [6.45, 7) is 3.14. The molecule has 5 heteroatoms. The predicted molar refractivity (Wildman–Crippen MR) is 101 cm³/mol. The molecule has 1 amide bonds. The number of aliphatic carboxylic acids is 1. The highest BCUT2D eigenvalue weighted by molar-refractivity contribution is 5.99. The topological polar surface area (TPSA) is 66.8 Å². The van der Waals surface area contributed by atoms with Crippen molar-refractivity contribution in [2.24, 2.45) is 5.92 Å². The highest BCUT2D eigenvalue weighted by atomic mass is 16.5. The summed E-state index contributed by atoms with van der Waals surface area (Å²) in [7, 11) is 1.62. The van der Waals surface area contributed by atoms with Crippen molar-refractivity contribution >= 4 is 11.9 Å². The Balaban J connectivity index is 1.56. The van der Waals surface area contributed by atoms with E-state index in [2.05, 4.69) is 6.92 Å². The Bertz CT molecular complexity index is 897. The Kier molecular flexibility index (Phi) is 4.17. The van der Waals surface area contributed by atoms with E-state index in [-0.39, 0.29) is 5.91 Å². The first-order chi connectivity index (χ1) is 12.9. The quantitative estimate of drug-likeness (QED) is 0.879. The number of hydrogen-bond donors (Lipinski definition) is 1. The number of carboxylic acid groups (broad SMARTS) is 1. The Labute approximate surface area is 158 Å². The van der Waals surface area contributed by atoms with Crippen molar-refractivity contribution in [2.75, 3.05) is 7.11 Å². The van der Waals surface area contributed by atoms with Crippen LogP contribution in [0, 0.1) is 5.92 Å². The third-order valence-corrected chi connectivity index (χ3v) is 5.88. The Hall–Kier alpha value is -2.82. The van der Waals surface area contributed by atoms with Crippen LogP contribution in [0.15, 0.2) is 42.5 Å². The fraction of sp³-hybridized carbons (Fsp3) is 0.364. The molecule has 0 unspecified atom stereocenters. The van der Waals surface area contributed by atoms with E-state index in [1.807, 2.05) is 42.5 Å². The van der Waals surface area contributed by atoms with Gasteiger partial charge in [0.15, 0.2) is 0 Å². The molecule has 1 N–H and O–H groups in total. The molecule has 0 spiro atoms. The first-order valence-corrected chi connectivity index (χ1v) is 9.22. The molecule has 0 aromatic heterocycles. The van der Waals surface area contributed by atoms with E-state index in [1.54, 1.807) is 12.0 Å². The number of amides is 1. The first kappa shape index (κ1) is 17.6. The lowest BCUT2D eigenvalue weighted by atomic mass is 9.59. The number of benzene rings is 2. The molecule has 1 heterocycles. The van der Waals surface area contributed by atoms with E-state index in [9.17, 15) is 14.7 Å². The highest BCUT2D eigenvalue weighted by Gasteiger charge is 2.50. The normalized spacial score (nSPS) is 23.7. The van der Waals surface area contributed by atoms with Gasteiger partial charge in [-0.25, -0.2) is 0 Å². The molecule has 1 fully saturated rings. The lowest BCUT2D eigenvalue weighted by molar-refractivity contribution is -0.149. The summed E-state index contributed by atoms with van der Waals surface area (Å²) in [5, 5.41) is 9.75. The smallest absolute Gasteiger partial charge is 0.314 e. The number of carboxylic acids is 1. The fourth-order valence-corrected chi connectivity index (χ4v) is 4.40. The Morgan fingerprint density at radius 3 is 2.52 bits per heavy atom. The van der Waals surface area contributed by atoms with Crippen molar-refractivity contribution in [3.63, 3.8) is 0 Å². The summed E-state index contributed by atoms with van der Waals surface area (Å²) in [6.07, 6.45) is 1.26. The van der Waals surface area contributed by atoms with Gasteiger partial charge >= 0.3 is 5.97 Å². The molecule has 0 saturated heterocycles. The minimum Gasteiger partial charge on any atom is -0.497 e. The number of fused-ring (bicyclic) bond motifs is 1. The Morgan fingerprint density at radius 1 is 1.22 bits per heavy atom. The minimum atomic E-state index is -0.835. The molecule has 2 aliphatic rings. The van der Waals surface area contributed by atoms with Crippen molar-refractivity contribution < 1.29 is 19.4 Å². The molecule has 27 heavy (non-hydrogen) atoms. The van der Waals surface area contributed by atoms with Crippen LogP contribution in [0.3, 0.4) is 0 Å². The molecule has 1 aliphatic carbocycles. The predicted octanol–water partition coefficient (Wildman–Crippen LogP) is 3.60. The molecule has 1 saturated carbocycles. The summed E-state index contributed by atoms with van der Waals surface area (Å²) in [6, 6.07) is 13.3. The van der Waals surface area contributed by atoms with Gasteiger partial charge < -0.3 is 14.7 Å². The zero-order valence-corrected chi connectivity index (χ0v) is 15.6. The van der Waals surface area contributed by atoms with Crippen LogP contribution in [-0.2, 0) is 23.3 Å². The number of carbonyl (C=O) groups excluding carboxylic acids is 1. The monoisotopic (exact) mass is 365 g/mol. The molecule has 140 valence electrons. The van der Waals surface area contributed by atoms with Crippen molar-refractivity contribution in [2.45, 2.75) is 38.3 Å². The maximum Gasteiger partial charge on any atom is 0.314 e. The van der Waals surface area contributed by atoms with Crippen molar-refractivity contribution in [3.05, 3.63) is 64.7 Å². The van der Waals surface area contributed by atoms with Crippen LogP contribution >= 0.6 is 0 Å². The van der Waals surface area contributed by atoms with Gasteiger partial charge in [0.25, 0.3) is 5.91 Å². The van der Waals surface area contributed by atoms with Crippen LogP contribution in [0.1, 0.15) is 46.8 Å². The van der Waals surface area contributed by atoms with Gasteiger partial charge in [-0.05, 0) is 53.6 Å². The van der Waals surface area contributed by atoms with Crippen LogP contribution in [-0.4, -0.2) is 29.0 Å². The molecular formula is C22H23NO4. The van der Waals surface area contributed by atoms with Gasteiger partial charge in [0.1, 0.15) is 5.75 Å². The molecule has 5 nitrogen and oxygen atoms in total. The summed E-state index contributed by atoms with van der Waals surface area (Å²) >= 11 is 0. The minimum absolute atomic E-state index is 0.0319. The lowest BCUT2D eigenvalue weighted by Gasteiger charge is -2.43. The second kappa shape index (κ2) is 6.41. The second-order valence-electron chi connectivity index (χ2n) is 7.78. The molecular weight excluding hydrogens is 342 g/mol. The molecule has 1 aliphatic heterocycles. The molecule has 0 radical (unpaired) electrons. The average Bonchev–Trinajstić information content (AvgIpc) is 2.94. The lowest BCUT2D eigenvalue weighted by Crippen LogP contribution is -2.47. The highest BCUT2D eigenvalue weighted by Crippen LogP contribution is 2.48. The number of carbonyl (C=O) groups is 2. The third kappa shape index (κ3) is 2.87. The van der Waals surface area contributed by atoms with E-state index in [4.69, 9.17) is 4.74 Å². The van der Waals surface area contributed by atoms with Crippen LogP contribution in [0.2, 0.25) is 0 Å². The van der Waals surface area contributed by atoms with E-state index >= 15 is 0 Å². The van der Waals surface area contributed by atoms with Gasteiger partial charge in [-0.3, -0.25) is 9.59 Å². The number of ether oxygens (including phenoxy) is 1. The largest absolute Gasteiger partial charge is 0.497 e. The van der Waals surface area contributed by atoms with Gasteiger partial charge in [0.2, 0.25) is 0 Å². The second-order valence-corrected chi connectivity index (χ2v) is 7.78. The van der Waals surface area contributed by atoms with Crippen molar-refractivity contribution in [3.8, 4) is 5.75 Å². The van der Waals surface area contributed by atoms with Crippen LogP contribution in [0.5, 0.6) is 5.75 Å². The summed E-state index contributed by atoms with van der Waals surface area (Å²) in [5.74, 6) is 0.362. The van der Waals surface area contributed by atoms with Gasteiger partial charge in [0, 0.05) is 18.7 Å². The van der Waals surface area contributed by atoms with Gasteiger partial charge in [-0.15, -0.1) is 0 Å². The number of nitrogens with zero attached hydrogens (tertiary/aromatic N) is 1. The molecule has 2 aromatic rings. The number of methoxy groups -OCH3 is 1. The van der Waals surface area contributed by atoms with E-state index in [0.717, 1.165) is 22.4 Å². The molecule has 0 atom stereocenters. The molecule has 2 aromatic carbocycles. The van der Waals surface area contributed by atoms with Crippen LogP contribution < -0.4 is 4.74 Å². The van der Waals surface area contributed by atoms with E-state index < -0.39 is 11.4 Å². The summed E-state index contributed by atoms with van der Waals surface area (Å²) in [4.78, 5) is 26.6. The van der Waals surface area contributed by atoms with E-state index in [1.165, 1.54) is 0 Å². The van der Waals surface area contributed by atoms with Crippen molar-refractivity contribution in [1.29, 1.82) is 0 Å². The van der Waals surface area contributed by atoms with Crippen LogP contribution in [0.4, 0.5) is 0 Å². The maximum absolute atomic E-state index is 12.9. The zero-order chi connectivity index (χ0) is 19.2. The number of rotatable bonds is 5. The third-order valence-electron chi connectivity index (χ3n) is 5.88. The maximum atomic E-state index is 12.9. The van der Waals surface area contributed by atoms with Gasteiger partial charge in [-0.2, -0.15) is 0 Å².